The normalized spacial score (nSPS) is 10.3. The molecule has 1 heterocycles. The number of ketones is 1. The lowest BCUT2D eigenvalue weighted by molar-refractivity contribution is 0.0971. The van der Waals surface area contributed by atoms with Crippen molar-refractivity contribution < 1.29 is 4.79 Å². The van der Waals surface area contributed by atoms with E-state index in [4.69, 9.17) is 5.41 Å². The van der Waals surface area contributed by atoms with Crippen molar-refractivity contribution in [2.45, 2.75) is 6.54 Å². The highest BCUT2D eigenvalue weighted by atomic mass is 79.9. The van der Waals surface area contributed by atoms with Crippen LogP contribution in [0.4, 0.5) is 0 Å². The molecule has 2 aromatic rings. The lowest BCUT2D eigenvalue weighted by Crippen LogP contribution is -2.18. The Labute approximate surface area is 105 Å². The Balaban J connectivity index is 2.21. The summed E-state index contributed by atoms with van der Waals surface area (Å²) in [5.41, 5.74) is 0.660. The van der Waals surface area contributed by atoms with E-state index in [0.29, 0.717) is 10.4 Å². The minimum Gasteiger partial charge on any atom is -0.316 e. The van der Waals surface area contributed by atoms with Crippen LogP contribution < -0.4 is 4.80 Å². The highest BCUT2D eigenvalue weighted by Gasteiger charge is 2.07. The summed E-state index contributed by atoms with van der Waals surface area (Å²) in [5.74, 6) is 0.0122. The van der Waals surface area contributed by atoms with E-state index in [1.54, 1.807) is 28.3 Å². The summed E-state index contributed by atoms with van der Waals surface area (Å²) in [5, 5.41) is 9.37. The minimum absolute atomic E-state index is 0.0122. The van der Waals surface area contributed by atoms with Gasteiger partial charge in [-0.15, -0.1) is 11.3 Å². The van der Waals surface area contributed by atoms with Crippen LogP contribution in [0, 0.1) is 5.41 Å². The second kappa shape index (κ2) is 4.76. The summed E-state index contributed by atoms with van der Waals surface area (Å²) in [6.45, 7) is 0.221. The molecule has 0 saturated carbocycles. The maximum atomic E-state index is 11.9. The van der Waals surface area contributed by atoms with Crippen molar-refractivity contribution in [1.82, 2.24) is 4.57 Å². The molecule has 0 amide bonds. The van der Waals surface area contributed by atoms with Crippen LogP contribution in [0.2, 0.25) is 0 Å². The zero-order valence-corrected chi connectivity index (χ0v) is 10.7. The van der Waals surface area contributed by atoms with Gasteiger partial charge in [-0.1, -0.05) is 28.1 Å². The Bertz CT molecular complexity index is 573. The summed E-state index contributed by atoms with van der Waals surface area (Å²) in [7, 11) is 0. The lowest BCUT2D eigenvalue weighted by Gasteiger charge is -2.02. The Morgan fingerprint density at radius 3 is 2.94 bits per heavy atom. The second-order valence-corrected chi connectivity index (χ2v) is 5.08. The van der Waals surface area contributed by atoms with Gasteiger partial charge in [-0.2, -0.15) is 0 Å². The van der Waals surface area contributed by atoms with Crippen molar-refractivity contribution in [1.29, 1.82) is 5.41 Å². The Kier molecular flexibility index (Phi) is 3.36. The molecule has 1 N–H and O–H groups in total. The lowest BCUT2D eigenvalue weighted by atomic mass is 10.1. The molecule has 0 saturated heterocycles. The van der Waals surface area contributed by atoms with Crippen molar-refractivity contribution in [2.24, 2.45) is 0 Å². The molecule has 0 unspecified atom stereocenters. The van der Waals surface area contributed by atoms with E-state index in [2.05, 4.69) is 15.9 Å². The van der Waals surface area contributed by atoms with Gasteiger partial charge < -0.3 is 4.57 Å². The summed E-state index contributed by atoms with van der Waals surface area (Å²) < 4.78 is 2.52. The van der Waals surface area contributed by atoms with Crippen molar-refractivity contribution >= 4 is 33.0 Å². The molecule has 5 heteroatoms. The van der Waals surface area contributed by atoms with Gasteiger partial charge in [0.2, 0.25) is 0 Å². The molecular weight excluding hydrogens is 288 g/mol. The van der Waals surface area contributed by atoms with E-state index in [-0.39, 0.29) is 12.3 Å². The first kappa shape index (κ1) is 11.3. The van der Waals surface area contributed by atoms with Crippen LogP contribution in [-0.2, 0) is 6.54 Å². The number of carbonyl (C=O) groups is 1. The van der Waals surface area contributed by atoms with Gasteiger partial charge in [-0.25, -0.2) is 0 Å². The number of nitrogens with zero attached hydrogens (tertiary/aromatic N) is 1. The Morgan fingerprint density at radius 1 is 1.50 bits per heavy atom. The molecule has 0 radical (unpaired) electrons. The van der Waals surface area contributed by atoms with E-state index >= 15 is 0 Å². The topological polar surface area (TPSA) is 45.9 Å². The summed E-state index contributed by atoms with van der Waals surface area (Å²) in [4.78, 5) is 12.3. The van der Waals surface area contributed by atoms with Crippen LogP contribution in [0.15, 0.2) is 40.3 Å². The number of carbonyl (C=O) groups excluding carboxylic acids is 1. The number of halogens is 1. The molecule has 0 fully saturated rings. The molecule has 16 heavy (non-hydrogen) atoms. The number of hydrogen-bond acceptors (Lipinski definition) is 3. The number of nitrogens with one attached hydrogen (secondary N) is 1. The zero-order chi connectivity index (χ0) is 11.5. The van der Waals surface area contributed by atoms with E-state index in [0.717, 1.165) is 4.47 Å². The average Bonchev–Trinajstić information content (AvgIpc) is 2.64. The molecule has 1 aromatic carbocycles. The number of rotatable bonds is 3. The standard InChI is InChI=1S/C11H9BrN2OS/c12-9-3-1-2-8(6-9)10(15)7-14-4-5-16-11(14)13/h1-6,13H,7H2. The Hall–Kier alpha value is -1.20. The number of hydrogen-bond donors (Lipinski definition) is 1. The average molecular weight is 297 g/mol. The van der Waals surface area contributed by atoms with Crippen molar-refractivity contribution in [3.63, 3.8) is 0 Å². The maximum Gasteiger partial charge on any atom is 0.182 e. The van der Waals surface area contributed by atoms with Gasteiger partial charge in [0.25, 0.3) is 0 Å². The first-order chi connectivity index (χ1) is 7.66. The van der Waals surface area contributed by atoms with Crippen LogP contribution in [0.1, 0.15) is 10.4 Å². The maximum absolute atomic E-state index is 11.9. The van der Waals surface area contributed by atoms with Crippen molar-refractivity contribution in [3.8, 4) is 0 Å². The molecular formula is C11H9BrN2OS. The van der Waals surface area contributed by atoms with E-state index in [9.17, 15) is 4.79 Å². The van der Waals surface area contributed by atoms with Gasteiger partial charge in [-0.3, -0.25) is 10.2 Å². The smallest absolute Gasteiger partial charge is 0.182 e. The van der Waals surface area contributed by atoms with E-state index in [1.807, 2.05) is 12.1 Å². The SMILES string of the molecule is N=c1sccn1CC(=O)c1cccc(Br)c1. The molecule has 0 aliphatic rings. The van der Waals surface area contributed by atoms with Crippen LogP contribution >= 0.6 is 27.3 Å². The first-order valence-electron chi connectivity index (χ1n) is 4.64. The Morgan fingerprint density at radius 2 is 2.31 bits per heavy atom. The molecule has 0 bridgehead atoms. The molecule has 2 rings (SSSR count). The third-order valence-electron chi connectivity index (χ3n) is 2.14. The summed E-state index contributed by atoms with van der Waals surface area (Å²) in [6, 6.07) is 7.28. The quantitative estimate of drug-likeness (QED) is 0.870. The number of Topliss-reactive ketones (excluding diaryl/α,β-unsaturated/α-hetero) is 1. The third-order valence-corrected chi connectivity index (χ3v) is 3.35. The fourth-order valence-electron chi connectivity index (χ4n) is 1.34. The van der Waals surface area contributed by atoms with E-state index in [1.165, 1.54) is 11.3 Å². The minimum atomic E-state index is 0.0122. The molecule has 1 aromatic heterocycles. The van der Waals surface area contributed by atoms with Gasteiger partial charge in [0, 0.05) is 21.6 Å². The molecule has 3 nitrogen and oxygen atoms in total. The van der Waals surface area contributed by atoms with Crippen LogP contribution in [-0.4, -0.2) is 10.4 Å². The number of benzene rings is 1. The van der Waals surface area contributed by atoms with Gasteiger partial charge >= 0.3 is 0 Å². The molecule has 0 aliphatic heterocycles. The molecule has 0 aliphatic carbocycles. The van der Waals surface area contributed by atoms with Crippen LogP contribution in [0.25, 0.3) is 0 Å². The highest BCUT2D eigenvalue weighted by molar-refractivity contribution is 9.10. The number of aromatic nitrogens is 1. The fourth-order valence-corrected chi connectivity index (χ4v) is 2.33. The van der Waals surface area contributed by atoms with Gasteiger partial charge in [0.1, 0.15) is 0 Å². The number of thiazole rings is 1. The van der Waals surface area contributed by atoms with Gasteiger partial charge in [0.05, 0.1) is 6.54 Å². The third kappa shape index (κ3) is 2.48. The summed E-state index contributed by atoms with van der Waals surface area (Å²) in [6.07, 6.45) is 1.75. The predicted octanol–water partition coefficient (Wildman–Crippen LogP) is 2.67. The van der Waals surface area contributed by atoms with Crippen LogP contribution in [0.5, 0.6) is 0 Å². The van der Waals surface area contributed by atoms with Crippen LogP contribution in [0.3, 0.4) is 0 Å². The molecule has 0 atom stereocenters. The largest absolute Gasteiger partial charge is 0.316 e. The second-order valence-electron chi connectivity index (χ2n) is 3.27. The van der Waals surface area contributed by atoms with Gasteiger partial charge in [-0.05, 0) is 12.1 Å². The first-order valence-corrected chi connectivity index (χ1v) is 6.31. The molecule has 0 spiro atoms. The fraction of sp³-hybridized carbons (Fsp3) is 0.0909. The van der Waals surface area contributed by atoms with Crippen molar-refractivity contribution in [3.05, 3.63) is 50.7 Å². The van der Waals surface area contributed by atoms with Crippen molar-refractivity contribution in [2.75, 3.05) is 0 Å². The highest BCUT2D eigenvalue weighted by Crippen LogP contribution is 2.12. The summed E-state index contributed by atoms with van der Waals surface area (Å²) >= 11 is 4.64. The monoisotopic (exact) mass is 296 g/mol. The zero-order valence-electron chi connectivity index (χ0n) is 8.31. The molecule has 82 valence electrons. The van der Waals surface area contributed by atoms with Gasteiger partial charge in [0.15, 0.2) is 10.6 Å². The van der Waals surface area contributed by atoms with E-state index < -0.39 is 0 Å². The predicted molar refractivity (Wildman–Crippen MR) is 66.6 cm³/mol.